The van der Waals surface area contributed by atoms with Gasteiger partial charge >= 0.3 is 11.9 Å². The largest absolute Gasteiger partial charge is 0.425 e. The lowest BCUT2D eigenvalue weighted by molar-refractivity contribution is -0.135. The van der Waals surface area contributed by atoms with Gasteiger partial charge in [0.2, 0.25) is 0 Å². The molecule has 3 rings (SSSR count). The number of hydrogen-bond donors (Lipinski definition) is 0. The molecular formula is C24H26O4. The maximum absolute atomic E-state index is 12.3. The van der Waals surface area contributed by atoms with Crippen molar-refractivity contribution in [1.29, 1.82) is 0 Å². The fourth-order valence-corrected chi connectivity index (χ4v) is 3.34. The second-order valence-electron chi connectivity index (χ2n) is 7.20. The van der Waals surface area contributed by atoms with Crippen LogP contribution in [0.1, 0.15) is 50.7 Å². The van der Waals surface area contributed by atoms with Crippen molar-refractivity contribution in [2.45, 2.75) is 53.4 Å². The van der Waals surface area contributed by atoms with Gasteiger partial charge in [0, 0.05) is 34.4 Å². The number of aryl methyl sites for hydroxylation is 2. The number of carbonyl (C=O) groups is 2. The van der Waals surface area contributed by atoms with Gasteiger partial charge in [0.05, 0.1) is 0 Å². The predicted octanol–water partition coefficient (Wildman–Crippen LogP) is 6.02. The standard InChI is InChI=1S/C24H26O4/c1-5-7-21(25)27-23-17-11-9-16(4)14-20(17)24(28-22(26)8-6-2)18-12-10-15(3)13-19(18)23/h9-14H,5-8H2,1-4H3. The Kier molecular flexibility index (Phi) is 5.98. The SMILES string of the molecule is CCCC(=O)Oc1c2ccc(C)cc2c(OC(=O)CCC)c2ccc(C)cc12. The molecular weight excluding hydrogens is 352 g/mol. The molecule has 0 N–H and O–H groups in total. The lowest BCUT2D eigenvalue weighted by atomic mass is 9.97. The molecule has 0 heterocycles. The average molecular weight is 378 g/mol. The van der Waals surface area contributed by atoms with Crippen molar-refractivity contribution in [2.75, 3.05) is 0 Å². The molecule has 4 nitrogen and oxygen atoms in total. The summed E-state index contributed by atoms with van der Waals surface area (Å²) in [6.45, 7) is 7.86. The minimum absolute atomic E-state index is 0.261. The summed E-state index contributed by atoms with van der Waals surface area (Å²) < 4.78 is 11.6. The second-order valence-corrected chi connectivity index (χ2v) is 7.20. The van der Waals surface area contributed by atoms with Crippen molar-refractivity contribution in [3.63, 3.8) is 0 Å². The third-order valence-corrected chi connectivity index (χ3v) is 4.67. The number of benzene rings is 3. The molecule has 0 fully saturated rings. The molecule has 0 bridgehead atoms. The van der Waals surface area contributed by atoms with E-state index in [1.165, 1.54) is 0 Å². The smallest absolute Gasteiger partial charge is 0.311 e. The van der Waals surface area contributed by atoms with Gasteiger partial charge in [-0.15, -0.1) is 0 Å². The van der Waals surface area contributed by atoms with Gasteiger partial charge in [-0.25, -0.2) is 0 Å². The number of rotatable bonds is 6. The number of esters is 2. The zero-order valence-electron chi connectivity index (χ0n) is 16.9. The van der Waals surface area contributed by atoms with E-state index in [1.807, 2.05) is 64.1 Å². The van der Waals surface area contributed by atoms with Gasteiger partial charge in [0.25, 0.3) is 0 Å². The van der Waals surface area contributed by atoms with Crippen molar-refractivity contribution in [3.05, 3.63) is 47.5 Å². The van der Waals surface area contributed by atoms with E-state index in [9.17, 15) is 9.59 Å². The first-order valence-corrected chi connectivity index (χ1v) is 9.82. The minimum atomic E-state index is -0.261. The molecule has 4 heteroatoms. The first-order valence-electron chi connectivity index (χ1n) is 9.82. The van der Waals surface area contributed by atoms with Crippen molar-refractivity contribution in [1.82, 2.24) is 0 Å². The van der Waals surface area contributed by atoms with Gasteiger partial charge in [0.15, 0.2) is 0 Å². The van der Waals surface area contributed by atoms with E-state index in [0.29, 0.717) is 24.3 Å². The Morgan fingerprint density at radius 1 is 0.679 bits per heavy atom. The fourth-order valence-electron chi connectivity index (χ4n) is 3.34. The van der Waals surface area contributed by atoms with Crippen LogP contribution in [0.4, 0.5) is 0 Å². The zero-order valence-corrected chi connectivity index (χ0v) is 16.9. The maximum Gasteiger partial charge on any atom is 0.311 e. The molecule has 3 aromatic carbocycles. The zero-order chi connectivity index (χ0) is 20.3. The van der Waals surface area contributed by atoms with Crippen LogP contribution >= 0.6 is 0 Å². The van der Waals surface area contributed by atoms with Gasteiger partial charge in [-0.05, 0) is 38.8 Å². The van der Waals surface area contributed by atoms with E-state index in [0.717, 1.165) is 45.5 Å². The summed E-state index contributed by atoms with van der Waals surface area (Å²) in [5.41, 5.74) is 2.08. The van der Waals surface area contributed by atoms with Crippen molar-refractivity contribution in [2.24, 2.45) is 0 Å². The normalized spacial score (nSPS) is 11.0. The number of ether oxygens (including phenoxy) is 2. The van der Waals surface area contributed by atoms with Crippen LogP contribution in [0.2, 0.25) is 0 Å². The van der Waals surface area contributed by atoms with Gasteiger partial charge < -0.3 is 9.47 Å². The molecule has 0 aliphatic heterocycles. The number of hydrogen-bond acceptors (Lipinski definition) is 4. The van der Waals surface area contributed by atoms with E-state index in [-0.39, 0.29) is 11.9 Å². The lowest BCUT2D eigenvalue weighted by Crippen LogP contribution is -2.10. The topological polar surface area (TPSA) is 52.6 Å². The number of carbonyl (C=O) groups excluding carboxylic acids is 2. The highest BCUT2D eigenvalue weighted by atomic mass is 16.5. The first-order chi connectivity index (χ1) is 13.4. The lowest BCUT2D eigenvalue weighted by Gasteiger charge is -2.17. The van der Waals surface area contributed by atoms with Gasteiger partial charge in [0.1, 0.15) is 11.5 Å². The van der Waals surface area contributed by atoms with E-state index in [1.54, 1.807) is 0 Å². The molecule has 0 aromatic heterocycles. The second kappa shape index (κ2) is 8.42. The molecule has 0 saturated carbocycles. The molecule has 0 aliphatic carbocycles. The van der Waals surface area contributed by atoms with Crippen LogP contribution in [0.25, 0.3) is 21.5 Å². The summed E-state index contributed by atoms with van der Waals surface area (Å²) in [5.74, 6) is 0.538. The quantitative estimate of drug-likeness (QED) is 0.299. The summed E-state index contributed by atoms with van der Waals surface area (Å²) in [7, 11) is 0. The molecule has 28 heavy (non-hydrogen) atoms. The van der Waals surface area contributed by atoms with Crippen LogP contribution < -0.4 is 9.47 Å². The third kappa shape index (κ3) is 4.01. The van der Waals surface area contributed by atoms with E-state index >= 15 is 0 Å². The molecule has 3 aromatic rings. The summed E-state index contributed by atoms with van der Waals surface area (Å²) in [5, 5.41) is 3.10. The maximum atomic E-state index is 12.3. The van der Waals surface area contributed by atoms with Gasteiger partial charge in [-0.1, -0.05) is 49.2 Å². The summed E-state index contributed by atoms with van der Waals surface area (Å²) in [6, 6.07) is 11.7. The van der Waals surface area contributed by atoms with E-state index in [2.05, 4.69) is 0 Å². The third-order valence-electron chi connectivity index (χ3n) is 4.67. The van der Waals surface area contributed by atoms with Crippen LogP contribution in [0, 0.1) is 13.8 Å². The Labute approximate surface area is 165 Å². The molecule has 0 radical (unpaired) electrons. The molecule has 0 saturated heterocycles. The summed E-state index contributed by atoms with van der Waals surface area (Å²) in [4.78, 5) is 24.6. The van der Waals surface area contributed by atoms with Crippen LogP contribution in [0.5, 0.6) is 11.5 Å². The van der Waals surface area contributed by atoms with Crippen molar-refractivity contribution < 1.29 is 19.1 Å². The summed E-state index contributed by atoms with van der Waals surface area (Å²) >= 11 is 0. The number of fused-ring (bicyclic) bond motifs is 2. The molecule has 0 unspecified atom stereocenters. The van der Waals surface area contributed by atoms with E-state index in [4.69, 9.17) is 9.47 Å². The molecule has 146 valence electrons. The Morgan fingerprint density at radius 3 is 1.43 bits per heavy atom. The van der Waals surface area contributed by atoms with Gasteiger partial charge in [-0.3, -0.25) is 9.59 Å². The molecule has 0 atom stereocenters. The Morgan fingerprint density at radius 2 is 1.07 bits per heavy atom. The predicted molar refractivity (Wildman–Crippen MR) is 112 cm³/mol. The Bertz CT molecular complexity index is 964. The summed E-state index contributed by atoms with van der Waals surface area (Å²) in [6.07, 6.45) is 2.15. The average Bonchev–Trinajstić information content (AvgIpc) is 2.64. The monoisotopic (exact) mass is 378 g/mol. The van der Waals surface area contributed by atoms with Gasteiger partial charge in [-0.2, -0.15) is 0 Å². The molecule has 0 amide bonds. The van der Waals surface area contributed by atoms with Crippen LogP contribution in [0.15, 0.2) is 36.4 Å². The molecule has 0 spiro atoms. The molecule has 0 aliphatic rings. The van der Waals surface area contributed by atoms with Crippen molar-refractivity contribution in [3.8, 4) is 11.5 Å². The highest BCUT2D eigenvalue weighted by Gasteiger charge is 2.20. The van der Waals surface area contributed by atoms with Crippen LogP contribution in [-0.4, -0.2) is 11.9 Å². The van der Waals surface area contributed by atoms with Crippen LogP contribution in [-0.2, 0) is 9.59 Å². The van der Waals surface area contributed by atoms with E-state index < -0.39 is 0 Å². The van der Waals surface area contributed by atoms with Crippen LogP contribution in [0.3, 0.4) is 0 Å². The fraction of sp³-hybridized carbons (Fsp3) is 0.333. The first kappa shape index (κ1) is 19.9. The van der Waals surface area contributed by atoms with Crippen molar-refractivity contribution >= 4 is 33.5 Å². The highest BCUT2D eigenvalue weighted by molar-refractivity contribution is 6.13. The highest BCUT2D eigenvalue weighted by Crippen LogP contribution is 2.43. The minimum Gasteiger partial charge on any atom is -0.425 e. The Hall–Kier alpha value is -2.88. The Balaban J connectivity index is 2.33.